The van der Waals surface area contributed by atoms with Crippen LogP contribution in [0.15, 0.2) is 36.4 Å². The molecule has 1 atom stereocenters. The molecule has 0 aliphatic rings. The Morgan fingerprint density at radius 1 is 1.19 bits per heavy atom. The average Bonchev–Trinajstić information content (AvgIpc) is 3.02. The third kappa shape index (κ3) is 6.21. The Morgan fingerprint density at radius 2 is 1.85 bits per heavy atom. The van der Waals surface area contributed by atoms with Crippen LogP contribution >= 0.6 is 22.9 Å². The second-order valence-corrected chi connectivity index (χ2v) is 9.04. The van der Waals surface area contributed by atoms with Crippen LogP contribution in [0.3, 0.4) is 0 Å². The van der Waals surface area contributed by atoms with Gasteiger partial charge in [0.2, 0.25) is 15.8 Å². The van der Waals surface area contributed by atoms with E-state index in [-0.39, 0.29) is 12.3 Å². The molecule has 1 N–H and O–H groups in total. The largest absolute Gasteiger partial charge is 0.450 e. The number of sulfonamides is 1. The third-order valence-corrected chi connectivity index (χ3v) is 5.49. The van der Waals surface area contributed by atoms with Gasteiger partial charge in [-0.05, 0) is 49.7 Å². The summed E-state index contributed by atoms with van der Waals surface area (Å²) in [6.45, 7) is 1.76. The van der Waals surface area contributed by atoms with Gasteiger partial charge in [0.05, 0.1) is 6.26 Å². The summed E-state index contributed by atoms with van der Waals surface area (Å²) in [7, 11) is -3.24. The number of ketones is 1. The summed E-state index contributed by atoms with van der Waals surface area (Å²) < 4.78 is 29.7. The van der Waals surface area contributed by atoms with Crippen LogP contribution in [-0.2, 0) is 21.2 Å². The maximum atomic E-state index is 12.3. The number of esters is 1. The van der Waals surface area contributed by atoms with Crippen molar-refractivity contribution in [1.29, 1.82) is 0 Å². The molecule has 0 fully saturated rings. The molecule has 2 aromatic rings. The van der Waals surface area contributed by atoms with Gasteiger partial charge in [-0.25, -0.2) is 17.9 Å². The summed E-state index contributed by atoms with van der Waals surface area (Å²) in [5.74, 6) is -0.906. The Bertz CT molecular complexity index is 890. The van der Waals surface area contributed by atoms with Gasteiger partial charge in [-0.15, -0.1) is 11.3 Å². The standard InChI is InChI=1S/C17H18ClNO5S2/c1-11(16(20)12-3-5-13(18)6-4-12)24-17(21)15-8-7-14(25-15)9-10-19-26(2,22)23/h3-8,11,19H,9-10H2,1-2H3. The fourth-order valence-electron chi connectivity index (χ4n) is 2.10. The number of nitrogens with one attached hydrogen (secondary N) is 1. The zero-order chi connectivity index (χ0) is 19.3. The van der Waals surface area contributed by atoms with Gasteiger partial charge in [0.15, 0.2) is 6.10 Å². The lowest BCUT2D eigenvalue weighted by atomic mass is 10.1. The molecule has 140 valence electrons. The molecular weight excluding hydrogens is 398 g/mol. The average molecular weight is 416 g/mol. The zero-order valence-corrected chi connectivity index (χ0v) is 16.6. The molecule has 1 aromatic carbocycles. The fraction of sp³-hybridized carbons (Fsp3) is 0.294. The highest BCUT2D eigenvalue weighted by molar-refractivity contribution is 7.88. The van der Waals surface area contributed by atoms with Gasteiger partial charge < -0.3 is 4.74 Å². The summed E-state index contributed by atoms with van der Waals surface area (Å²) in [6.07, 6.45) is 0.620. The van der Waals surface area contributed by atoms with Crippen molar-refractivity contribution in [3.05, 3.63) is 56.7 Å². The van der Waals surface area contributed by atoms with E-state index in [1.54, 1.807) is 36.4 Å². The van der Waals surface area contributed by atoms with E-state index < -0.39 is 22.1 Å². The van der Waals surface area contributed by atoms with Crippen LogP contribution in [0.2, 0.25) is 5.02 Å². The molecule has 2 rings (SSSR count). The molecule has 26 heavy (non-hydrogen) atoms. The minimum absolute atomic E-state index is 0.249. The van der Waals surface area contributed by atoms with Crippen LogP contribution in [0, 0.1) is 0 Å². The zero-order valence-electron chi connectivity index (χ0n) is 14.2. The monoisotopic (exact) mass is 415 g/mol. The number of ether oxygens (including phenoxy) is 1. The second-order valence-electron chi connectivity index (χ2n) is 5.60. The topological polar surface area (TPSA) is 89.5 Å². The van der Waals surface area contributed by atoms with Crippen molar-refractivity contribution >= 4 is 44.7 Å². The van der Waals surface area contributed by atoms with Crippen LogP contribution in [0.1, 0.15) is 31.8 Å². The van der Waals surface area contributed by atoms with Gasteiger partial charge in [0.1, 0.15) is 4.88 Å². The van der Waals surface area contributed by atoms with Crippen LogP contribution in [-0.4, -0.2) is 39.1 Å². The summed E-state index contributed by atoms with van der Waals surface area (Å²) >= 11 is 7.00. The van der Waals surface area contributed by atoms with E-state index in [4.69, 9.17) is 16.3 Å². The van der Waals surface area contributed by atoms with Crippen LogP contribution in [0.25, 0.3) is 0 Å². The molecule has 0 radical (unpaired) electrons. The Kier molecular flexibility index (Phi) is 6.94. The Morgan fingerprint density at radius 3 is 2.46 bits per heavy atom. The number of hydrogen-bond donors (Lipinski definition) is 1. The number of thiophene rings is 1. The molecule has 0 aliphatic heterocycles. The molecule has 0 saturated carbocycles. The summed E-state index contributed by atoms with van der Waals surface area (Å²) in [5, 5.41) is 0.516. The van der Waals surface area contributed by atoms with E-state index >= 15 is 0 Å². The molecule has 9 heteroatoms. The number of rotatable bonds is 8. The Labute approximate surface area is 161 Å². The number of hydrogen-bond acceptors (Lipinski definition) is 6. The van der Waals surface area contributed by atoms with Crippen molar-refractivity contribution in [1.82, 2.24) is 4.72 Å². The molecule has 1 unspecified atom stereocenters. The first-order valence-corrected chi connectivity index (χ1v) is 10.8. The van der Waals surface area contributed by atoms with E-state index in [1.165, 1.54) is 18.3 Å². The van der Waals surface area contributed by atoms with Crippen molar-refractivity contribution in [2.75, 3.05) is 12.8 Å². The molecule has 6 nitrogen and oxygen atoms in total. The van der Waals surface area contributed by atoms with Gasteiger partial charge in [0, 0.05) is 22.0 Å². The summed E-state index contributed by atoms with van der Waals surface area (Å²) in [4.78, 5) is 25.7. The molecule has 1 heterocycles. The molecule has 0 aliphatic carbocycles. The quantitative estimate of drug-likeness (QED) is 0.528. The SMILES string of the molecule is CC(OC(=O)c1ccc(CCNS(C)(=O)=O)s1)C(=O)c1ccc(Cl)cc1. The van der Waals surface area contributed by atoms with Gasteiger partial charge in [-0.1, -0.05) is 11.6 Å². The van der Waals surface area contributed by atoms with Crippen molar-refractivity contribution in [2.24, 2.45) is 0 Å². The second kappa shape index (κ2) is 8.77. The van der Waals surface area contributed by atoms with Gasteiger partial charge in [-0.2, -0.15) is 0 Å². The molecule has 1 aromatic heterocycles. The van der Waals surface area contributed by atoms with Gasteiger partial charge in [0.25, 0.3) is 0 Å². The van der Waals surface area contributed by atoms with Crippen molar-refractivity contribution in [2.45, 2.75) is 19.4 Å². The molecule has 0 spiro atoms. The Balaban J connectivity index is 1.92. The van der Waals surface area contributed by atoms with Crippen molar-refractivity contribution < 1.29 is 22.7 Å². The number of Topliss-reactive ketones (excluding diaryl/α,β-unsaturated/α-hetero) is 1. The van der Waals surface area contributed by atoms with E-state index in [0.29, 0.717) is 21.9 Å². The van der Waals surface area contributed by atoms with Crippen molar-refractivity contribution in [3.63, 3.8) is 0 Å². The first kappa shape index (κ1) is 20.6. The van der Waals surface area contributed by atoms with E-state index in [1.807, 2.05) is 0 Å². The fourth-order valence-corrected chi connectivity index (χ4v) is 3.59. The van der Waals surface area contributed by atoms with E-state index in [0.717, 1.165) is 11.1 Å². The molecule has 0 bridgehead atoms. The van der Waals surface area contributed by atoms with Crippen molar-refractivity contribution in [3.8, 4) is 0 Å². The maximum absolute atomic E-state index is 12.3. The smallest absolute Gasteiger partial charge is 0.349 e. The van der Waals surface area contributed by atoms with Crippen LogP contribution in [0.4, 0.5) is 0 Å². The highest BCUT2D eigenvalue weighted by Crippen LogP contribution is 2.19. The normalized spacial score (nSPS) is 12.6. The predicted molar refractivity (Wildman–Crippen MR) is 102 cm³/mol. The lowest BCUT2D eigenvalue weighted by molar-refractivity contribution is 0.0323. The number of halogens is 1. The molecule has 0 amide bonds. The van der Waals surface area contributed by atoms with E-state index in [2.05, 4.69) is 4.72 Å². The first-order valence-electron chi connectivity index (χ1n) is 7.70. The van der Waals surface area contributed by atoms with E-state index in [9.17, 15) is 18.0 Å². The molecule has 0 saturated heterocycles. The minimum atomic E-state index is -3.24. The summed E-state index contributed by atoms with van der Waals surface area (Å²) in [5.41, 5.74) is 0.411. The summed E-state index contributed by atoms with van der Waals surface area (Å²) in [6, 6.07) is 9.68. The number of carbonyl (C=O) groups is 2. The molecular formula is C17H18ClNO5S2. The highest BCUT2D eigenvalue weighted by atomic mass is 35.5. The lowest BCUT2D eigenvalue weighted by Crippen LogP contribution is -2.24. The Hall–Kier alpha value is -1.74. The predicted octanol–water partition coefficient (Wildman–Crippen LogP) is 2.92. The lowest BCUT2D eigenvalue weighted by Gasteiger charge is -2.11. The first-order chi connectivity index (χ1) is 12.2. The third-order valence-electron chi connectivity index (χ3n) is 3.38. The minimum Gasteiger partial charge on any atom is -0.450 e. The number of carbonyl (C=O) groups excluding carboxylic acids is 2. The highest BCUT2D eigenvalue weighted by Gasteiger charge is 2.21. The van der Waals surface area contributed by atoms with Crippen LogP contribution in [0.5, 0.6) is 0 Å². The maximum Gasteiger partial charge on any atom is 0.349 e. The van der Waals surface area contributed by atoms with Crippen LogP contribution < -0.4 is 4.72 Å². The van der Waals surface area contributed by atoms with Gasteiger partial charge >= 0.3 is 5.97 Å². The van der Waals surface area contributed by atoms with Gasteiger partial charge in [-0.3, -0.25) is 4.79 Å². The number of benzene rings is 1.